The maximum Gasteiger partial charge on any atom is 0.261 e. The molecular formula is C17H19N5O2S. The summed E-state index contributed by atoms with van der Waals surface area (Å²) in [5, 5.41) is 11.3. The van der Waals surface area contributed by atoms with Gasteiger partial charge in [-0.15, -0.1) is 5.10 Å². The molecule has 0 radical (unpaired) electrons. The summed E-state index contributed by atoms with van der Waals surface area (Å²) >= 11 is 0. The third kappa shape index (κ3) is 3.69. The van der Waals surface area contributed by atoms with Gasteiger partial charge in [0, 0.05) is 18.3 Å². The van der Waals surface area contributed by atoms with Crippen LogP contribution in [0.15, 0.2) is 53.4 Å². The van der Waals surface area contributed by atoms with Crippen molar-refractivity contribution in [2.75, 3.05) is 4.72 Å². The maximum absolute atomic E-state index is 12.6. The Balaban J connectivity index is 1.87. The zero-order valence-electron chi connectivity index (χ0n) is 14.2. The summed E-state index contributed by atoms with van der Waals surface area (Å²) in [6, 6.07) is 13.9. The van der Waals surface area contributed by atoms with Crippen LogP contribution in [0.25, 0.3) is 11.4 Å². The molecule has 8 heteroatoms. The number of hydrogen-bond acceptors (Lipinski definition) is 5. The van der Waals surface area contributed by atoms with Crippen molar-refractivity contribution in [3.8, 4) is 11.4 Å². The Bertz CT molecular complexity index is 978. The normalized spacial score (nSPS) is 11.7. The summed E-state index contributed by atoms with van der Waals surface area (Å²) in [6.07, 6.45) is 0. The Kier molecular flexibility index (Phi) is 4.54. The van der Waals surface area contributed by atoms with E-state index in [0.717, 1.165) is 11.1 Å². The topological polar surface area (TPSA) is 89.8 Å². The average Bonchev–Trinajstić information content (AvgIpc) is 3.01. The summed E-state index contributed by atoms with van der Waals surface area (Å²) in [4.78, 5) is 0.225. The molecule has 1 heterocycles. The van der Waals surface area contributed by atoms with E-state index < -0.39 is 10.0 Å². The second kappa shape index (κ2) is 6.64. The van der Waals surface area contributed by atoms with Gasteiger partial charge in [0.2, 0.25) is 0 Å². The molecular weight excluding hydrogens is 338 g/mol. The molecule has 0 saturated heterocycles. The molecule has 0 aliphatic carbocycles. The fourth-order valence-corrected chi connectivity index (χ4v) is 3.49. The number of benzene rings is 2. The molecule has 2 aromatic carbocycles. The standard InChI is InChI=1S/C17H19N5O2S/c1-12(2)13-7-9-16(10-8-13)25(23,24)19-15-6-4-5-14(11-15)17-18-20-21-22(17)3/h4-12,19H,1-3H3. The molecule has 0 bridgehead atoms. The summed E-state index contributed by atoms with van der Waals surface area (Å²) in [5.41, 5.74) is 2.27. The lowest BCUT2D eigenvalue weighted by Crippen LogP contribution is -2.13. The van der Waals surface area contributed by atoms with Crippen molar-refractivity contribution in [1.29, 1.82) is 0 Å². The minimum absolute atomic E-state index is 0.225. The Morgan fingerprint density at radius 2 is 1.80 bits per heavy atom. The monoisotopic (exact) mass is 357 g/mol. The van der Waals surface area contributed by atoms with E-state index in [-0.39, 0.29) is 4.90 Å². The zero-order chi connectivity index (χ0) is 18.0. The minimum atomic E-state index is -3.66. The van der Waals surface area contributed by atoms with Gasteiger partial charge in [0.05, 0.1) is 4.90 Å². The third-order valence-corrected chi connectivity index (χ3v) is 5.25. The molecule has 3 rings (SSSR count). The van der Waals surface area contributed by atoms with Gasteiger partial charge in [0.15, 0.2) is 5.82 Å². The number of rotatable bonds is 5. The van der Waals surface area contributed by atoms with Crippen LogP contribution in [-0.4, -0.2) is 28.6 Å². The van der Waals surface area contributed by atoms with Crippen LogP contribution in [0, 0.1) is 0 Å². The van der Waals surface area contributed by atoms with Crippen molar-refractivity contribution in [3.63, 3.8) is 0 Å². The lowest BCUT2D eigenvalue weighted by Gasteiger charge is -2.11. The molecule has 0 amide bonds. The number of anilines is 1. The number of nitrogens with one attached hydrogen (secondary N) is 1. The predicted octanol–water partition coefficient (Wildman–Crippen LogP) is 2.80. The van der Waals surface area contributed by atoms with Gasteiger partial charge in [0.1, 0.15) is 0 Å². The number of tetrazole rings is 1. The highest BCUT2D eigenvalue weighted by molar-refractivity contribution is 7.92. The van der Waals surface area contributed by atoms with E-state index >= 15 is 0 Å². The molecule has 130 valence electrons. The van der Waals surface area contributed by atoms with E-state index in [9.17, 15) is 8.42 Å². The van der Waals surface area contributed by atoms with Crippen LogP contribution in [-0.2, 0) is 17.1 Å². The fraction of sp³-hybridized carbons (Fsp3) is 0.235. The molecule has 7 nitrogen and oxygen atoms in total. The molecule has 0 atom stereocenters. The van der Waals surface area contributed by atoms with Crippen LogP contribution in [0.2, 0.25) is 0 Å². The van der Waals surface area contributed by atoms with Crippen LogP contribution in [0.5, 0.6) is 0 Å². The summed E-state index contributed by atoms with van der Waals surface area (Å²) in [5.74, 6) is 0.906. The van der Waals surface area contributed by atoms with E-state index in [1.54, 1.807) is 37.4 Å². The summed E-state index contributed by atoms with van der Waals surface area (Å²) in [6.45, 7) is 4.13. The first-order chi connectivity index (χ1) is 11.9. The Morgan fingerprint density at radius 1 is 1.08 bits per heavy atom. The van der Waals surface area contributed by atoms with E-state index in [1.807, 2.05) is 18.2 Å². The van der Waals surface area contributed by atoms with Gasteiger partial charge in [-0.2, -0.15) is 0 Å². The van der Waals surface area contributed by atoms with Crippen molar-refractivity contribution in [3.05, 3.63) is 54.1 Å². The van der Waals surface area contributed by atoms with Gasteiger partial charge >= 0.3 is 0 Å². The van der Waals surface area contributed by atoms with Crippen LogP contribution in [0.4, 0.5) is 5.69 Å². The number of aryl methyl sites for hydroxylation is 1. The van der Waals surface area contributed by atoms with Crippen LogP contribution >= 0.6 is 0 Å². The van der Waals surface area contributed by atoms with Gasteiger partial charge < -0.3 is 0 Å². The second-order valence-electron chi connectivity index (χ2n) is 6.04. The maximum atomic E-state index is 12.6. The van der Waals surface area contributed by atoms with Gasteiger partial charge in [0.25, 0.3) is 10.0 Å². The molecule has 0 aliphatic heterocycles. The van der Waals surface area contributed by atoms with E-state index in [2.05, 4.69) is 34.1 Å². The first-order valence-electron chi connectivity index (χ1n) is 7.82. The molecule has 0 unspecified atom stereocenters. The predicted molar refractivity (Wildman–Crippen MR) is 95.6 cm³/mol. The van der Waals surface area contributed by atoms with E-state index in [4.69, 9.17) is 0 Å². The highest BCUT2D eigenvalue weighted by Crippen LogP contribution is 2.23. The largest absolute Gasteiger partial charge is 0.280 e. The average molecular weight is 357 g/mol. The molecule has 0 saturated carbocycles. The van der Waals surface area contributed by atoms with Crippen molar-refractivity contribution >= 4 is 15.7 Å². The molecule has 0 fully saturated rings. The summed E-state index contributed by atoms with van der Waals surface area (Å²) in [7, 11) is -1.94. The smallest absolute Gasteiger partial charge is 0.261 e. The van der Waals surface area contributed by atoms with Crippen molar-refractivity contribution in [1.82, 2.24) is 20.2 Å². The van der Waals surface area contributed by atoms with E-state index in [1.165, 1.54) is 4.68 Å². The van der Waals surface area contributed by atoms with Crippen molar-refractivity contribution in [2.24, 2.45) is 7.05 Å². The molecule has 1 N–H and O–H groups in total. The van der Waals surface area contributed by atoms with Gasteiger partial charge in [-0.3, -0.25) is 4.72 Å². The highest BCUT2D eigenvalue weighted by Gasteiger charge is 2.15. The fourth-order valence-electron chi connectivity index (χ4n) is 2.44. The molecule has 1 aromatic heterocycles. The van der Waals surface area contributed by atoms with Crippen LogP contribution in [0.1, 0.15) is 25.3 Å². The van der Waals surface area contributed by atoms with Crippen LogP contribution in [0.3, 0.4) is 0 Å². The Hall–Kier alpha value is -2.74. The van der Waals surface area contributed by atoms with Gasteiger partial charge in [-0.05, 0) is 46.2 Å². The third-order valence-electron chi connectivity index (χ3n) is 3.85. The first kappa shape index (κ1) is 17.1. The second-order valence-corrected chi connectivity index (χ2v) is 7.72. The highest BCUT2D eigenvalue weighted by atomic mass is 32.2. The molecule has 3 aromatic rings. The summed E-state index contributed by atoms with van der Waals surface area (Å²) < 4.78 is 29.3. The van der Waals surface area contributed by atoms with E-state index in [0.29, 0.717) is 17.4 Å². The molecule has 0 aliphatic rings. The number of nitrogens with zero attached hydrogens (tertiary/aromatic N) is 4. The van der Waals surface area contributed by atoms with Crippen molar-refractivity contribution in [2.45, 2.75) is 24.7 Å². The van der Waals surface area contributed by atoms with Gasteiger partial charge in [-0.25, -0.2) is 13.1 Å². The van der Waals surface area contributed by atoms with Crippen LogP contribution < -0.4 is 4.72 Å². The Labute approximate surface area is 146 Å². The zero-order valence-corrected chi connectivity index (χ0v) is 15.0. The lowest BCUT2D eigenvalue weighted by molar-refractivity contribution is 0.601. The van der Waals surface area contributed by atoms with Gasteiger partial charge in [-0.1, -0.05) is 38.1 Å². The Morgan fingerprint density at radius 3 is 2.40 bits per heavy atom. The number of hydrogen-bond donors (Lipinski definition) is 1. The molecule has 25 heavy (non-hydrogen) atoms. The number of aromatic nitrogens is 4. The lowest BCUT2D eigenvalue weighted by atomic mass is 10.0. The SMILES string of the molecule is CC(C)c1ccc(S(=O)(=O)Nc2cccc(-c3nnnn3C)c2)cc1. The first-order valence-corrected chi connectivity index (χ1v) is 9.31. The minimum Gasteiger partial charge on any atom is -0.280 e. The number of sulfonamides is 1. The molecule has 0 spiro atoms. The quantitative estimate of drug-likeness (QED) is 0.758. The van der Waals surface area contributed by atoms with Crippen molar-refractivity contribution < 1.29 is 8.42 Å².